The van der Waals surface area contributed by atoms with Crippen LogP contribution in [0.3, 0.4) is 0 Å². The van der Waals surface area contributed by atoms with Crippen molar-refractivity contribution in [3.05, 3.63) is 65.6 Å². The normalized spacial score (nSPS) is 16.9. The Labute approximate surface area is 140 Å². The summed E-state index contributed by atoms with van der Waals surface area (Å²) in [5.74, 6) is 1.43. The highest BCUT2D eigenvalue weighted by molar-refractivity contribution is 5.18. The number of fused-ring (bicyclic) bond motifs is 1. The zero-order valence-electron chi connectivity index (χ0n) is 13.6. The third-order valence-electron chi connectivity index (χ3n) is 4.41. The lowest BCUT2D eigenvalue weighted by Gasteiger charge is -2.24. The minimum Gasteiger partial charge on any atom is -0.339 e. The van der Waals surface area contributed by atoms with Crippen molar-refractivity contribution >= 4 is 0 Å². The molecule has 1 N–H and O–H groups in total. The number of nitrogens with one attached hydrogen (secondary N) is 1. The van der Waals surface area contributed by atoms with Crippen LogP contribution in [0.5, 0.6) is 0 Å². The number of aromatic nitrogens is 4. The van der Waals surface area contributed by atoms with Gasteiger partial charge in [0.1, 0.15) is 0 Å². The number of hydrogen-bond acceptors (Lipinski definition) is 5. The van der Waals surface area contributed by atoms with E-state index in [0.717, 1.165) is 38.2 Å². The van der Waals surface area contributed by atoms with Crippen LogP contribution in [0.1, 0.15) is 41.9 Å². The second-order valence-corrected chi connectivity index (χ2v) is 6.14. The summed E-state index contributed by atoms with van der Waals surface area (Å²) >= 11 is 0. The van der Waals surface area contributed by atoms with E-state index in [-0.39, 0.29) is 0 Å². The van der Waals surface area contributed by atoms with Gasteiger partial charge in [-0.25, -0.2) is 0 Å². The smallest absolute Gasteiger partial charge is 0.227 e. The Morgan fingerprint density at radius 3 is 3.04 bits per heavy atom. The number of nitrogens with zero attached hydrogens (tertiary/aromatic N) is 4. The average molecular weight is 323 g/mol. The van der Waals surface area contributed by atoms with Gasteiger partial charge in [-0.3, -0.25) is 4.68 Å². The highest BCUT2D eigenvalue weighted by atomic mass is 16.5. The third kappa shape index (κ3) is 3.38. The molecule has 0 bridgehead atoms. The third-order valence-corrected chi connectivity index (χ3v) is 4.41. The van der Waals surface area contributed by atoms with Gasteiger partial charge in [0.2, 0.25) is 5.89 Å². The van der Waals surface area contributed by atoms with Crippen LogP contribution >= 0.6 is 0 Å². The molecule has 2 aromatic heterocycles. The zero-order chi connectivity index (χ0) is 16.2. The molecule has 1 unspecified atom stereocenters. The molecule has 24 heavy (non-hydrogen) atoms. The monoisotopic (exact) mass is 323 g/mol. The highest BCUT2D eigenvalue weighted by Crippen LogP contribution is 2.23. The molecule has 4 rings (SSSR count). The first-order valence-corrected chi connectivity index (χ1v) is 8.49. The van der Waals surface area contributed by atoms with E-state index in [0.29, 0.717) is 18.4 Å². The summed E-state index contributed by atoms with van der Waals surface area (Å²) in [5.41, 5.74) is 2.47. The van der Waals surface area contributed by atoms with Crippen molar-refractivity contribution in [3.8, 4) is 0 Å². The van der Waals surface area contributed by atoms with E-state index in [2.05, 4.69) is 43.4 Å². The number of hydrogen-bond donors (Lipinski definition) is 1. The molecule has 1 aliphatic rings. The summed E-state index contributed by atoms with van der Waals surface area (Å²) in [4.78, 5) is 4.49. The van der Waals surface area contributed by atoms with E-state index >= 15 is 0 Å². The lowest BCUT2D eigenvalue weighted by atomic mass is 10.0. The fourth-order valence-electron chi connectivity index (χ4n) is 3.22. The highest BCUT2D eigenvalue weighted by Gasteiger charge is 2.20. The number of aryl methyl sites for hydroxylation is 1. The van der Waals surface area contributed by atoms with Crippen LogP contribution in [0.15, 0.2) is 47.1 Å². The second-order valence-electron chi connectivity index (χ2n) is 6.14. The topological polar surface area (TPSA) is 68.8 Å². The first-order valence-electron chi connectivity index (χ1n) is 8.49. The van der Waals surface area contributed by atoms with Gasteiger partial charge in [0.05, 0.1) is 5.69 Å². The van der Waals surface area contributed by atoms with Gasteiger partial charge in [-0.05, 0) is 24.5 Å². The fraction of sp³-hybridized carbons (Fsp3) is 0.389. The molecule has 3 aromatic rings. The van der Waals surface area contributed by atoms with E-state index in [4.69, 9.17) is 4.52 Å². The summed E-state index contributed by atoms with van der Waals surface area (Å²) in [6, 6.07) is 12.7. The molecule has 0 spiro atoms. The molecule has 1 aromatic carbocycles. The van der Waals surface area contributed by atoms with E-state index in [1.807, 2.05) is 24.4 Å². The molecule has 6 nitrogen and oxygen atoms in total. The molecule has 3 heterocycles. The van der Waals surface area contributed by atoms with Gasteiger partial charge >= 0.3 is 0 Å². The summed E-state index contributed by atoms with van der Waals surface area (Å²) in [6.45, 7) is 1.84. The van der Waals surface area contributed by atoms with Gasteiger partial charge in [0.15, 0.2) is 5.82 Å². The minimum absolute atomic E-state index is 0.368. The minimum atomic E-state index is 0.368. The van der Waals surface area contributed by atoms with Gasteiger partial charge in [0, 0.05) is 38.2 Å². The Bertz CT molecular complexity index is 780. The van der Waals surface area contributed by atoms with Crippen LogP contribution in [0.2, 0.25) is 0 Å². The standard InChI is InChI=1S/C18H21N5O/c1-2-5-14(6-3-1)13-17-21-18(24-22-17)9-10-19-15-7-4-12-23-16(15)8-11-20-23/h1-3,5-6,8,11,15,19H,4,7,9-10,12-13H2. The van der Waals surface area contributed by atoms with Crippen molar-refractivity contribution in [2.45, 2.75) is 38.3 Å². The first kappa shape index (κ1) is 15.1. The number of rotatable bonds is 6. The molecule has 0 saturated heterocycles. The van der Waals surface area contributed by atoms with E-state index in [1.54, 1.807) is 0 Å². The van der Waals surface area contributed by atoms with E-state index in [1.165, 1.54) is 11.3 Å². The lowest BCUT2D eigenvalue weighted by Crippen LogP contribution is -2.29. The maximum atomic E-state index is 5.36. The van der Waals surface area contributed by atoms with Gasteiger partial charge in [-0.1, -0.05) is 35.5 Å². The quantitative estimate of drug-likeness (QED) is 0.755. The summed E-state index contributed by atoms with van der Waals surface area (Å²) in [5, 5.41) is 12.0. The maximum absolute atomic E-state index is 5.36. The summed E-state index contributed by atoms with van der Waals surface area (Å²) < 4.78 is 7.45. The molecule has 0 aliphatic carbocycles. The largest absolute Gasteiger partial charge is 0.339 e. The van der Waals surface area contributed by atoms with Gasteiger partial charge < -0.3 is 9.84 Å². The number of benzene rings is 1. The molecule has 1 aliphatic heterocycles. The molecule has 0 saturated carbocycles. The first-order chi connectivity index (χ1) is 11.9. The second kappa shape index (κ2) is 6.97. The van der Waals surface area contributed by atoms with Crippen molar-refractivity contribution in [1.82, 2.24) is 25.2 Å². The van der Waals surface area contributed by atoms with Crippen LogP contribution in [-0.4, -0.2) is 26.5 Å². The molecular weight excluding hydrogens is 302 g/mol. The van der Waals surface area contributed by atoms with E-state index in [9.17, 15) is 0 Å². The van der Waals surface area contributed by atoms with Crippen LogP contribution in [0.25, 0.3) is 0 Å². The zero-order valence-corrected chi connectivity index (χ0v) is 13.6. The SMILES string of the molecule is c1ccc(Cc2noc(CCNC3CCCn4nccc43)n2)cc1. The Morgan fingerprint density at radius 2 is 2.12 bits per heavy atom. The molecule has 0 radical (unpaired) electrons. The summed E-state index contributed by atoms with van der Waals surface area (Å²) in [7, 11) is 0. The van der Waals surface area contributed by atoms with Crippen LogP contribution in [0.4, 0.5) is 0 Å². The van der Waals surface area contributed by atoms with Crippen molar-refractivity contribution in [2.24, 2.45) is 0 Å². The van der Waals surface area contributed by atoms with Crippen LogP contribution in [-0.2, 0) is 19.4 Å². The summed E-state index contributed by atoms with van der Waals surface area (Å²) in [6.07, 6.45) is 5.64. The van der Waals surface area contributed by atoms with Crippen LogP contribution in [0, 0.1) is 0 Å². The molecule has 6 heteroatoms. The fourth-order valence-corrected chi connectivity index (χ4v) is 3.22. The van der Waals surface area contributed by atoms with Crippen LogP contribution < -0.4 is 5.32 Å². The lowest BCUT2D eigenvalue weighted by molar-refractivity contribution is 0.351. The van der Waals surface area contributed by atoms with Crippen molar-refractivity contribution in [1.29, 1.82) is 0 Å². The molecular formula is C18H21N5O. The van der Waals surface area contributed by atoms with Crippen molar-refractivity contribution < 1.29 is 4.52 Å². The van der Waals surface area contributed by atoms with Crippen molar-refractivity contribution in [2.75, 3.05) is 6.54 Å². The Balaban J connectivity index is 1.30. The maximum Gasteiger partial charge on any atom is 0.227 e. The molecule has 1 atom stereocenters. The predicted octanol–water partition coefficient (Wildman–Crippen LogP) is 2.52. The van der Waals surface area contributed by atoms with E-state index < -0.39 is 0 Å². The van der Waals surface area contributed by atoms with Gasteiger partial charge in [-0.15, -0.1) is 0 Å². The van der Waals surface area contributed by atoms with Gasteiger partial charge in [-0.2, -0.15) is 10.1 Å². The molecule has 0 fully saturated rings. The predicted molar refractivity (Wildman–Crippen MR) is 89.5 cm³/mol. The van der Waals surface area contributed by atoms with Crippen molar-refractivity contribution in [3.63, 3.8) is 0 Å². The Kier molecular flexibility index (Phi) is 4.38. The van der Waals surface area contributed by atoms with Gasteiger partial charge in [0.25, 0.3) is 0 Å². The average Bonchev–Trinajstić information content (AvgIpc) is 3.25. The molecule has 0 amide bonds. The Hall–Kier alpha value is -2.47. The molecule has 124 valence electrons. The Morgan fingerprint density at radius 1 is 1.21 bits per heavy atom.